The summed E-state index contributed by atoms with van der Waals surface area (Å²) in [6, 6.07) is 0.402. The van der Waals surface area contributed by atoms with E-state index in [9.17, 15) is 4.79 Å². The Hall–Kier alpha value is -0.650. The summed E-state index contributed by atoms with van der Waals surface area (Å²) in [7, 11) is 0. The molecule has 112 valence electrons. The lowest BCUT2D eigenvalue weighted by Gasteiger charge is -2.38. The first-order chi connectivity index (χ1) is 8.89. The van der Waals surface area contributed by atoms with Gasteiger partial charge < -0.3 is 15.8 Å². The average Bonchev–Trinajstić information content (AvgIpc) is 2.37. The van der Waals surface area contributed by atoms with Crippen molar-refractivity contribution in [2.75, 3.05) is 26.2 Å². The summed E-state index contributed by atoms with van der Waals surface area (Å²) in [4.78, 5) is 14.0. The molecule has 0 radical (unpaired) electrons. The lowest BCUT2D eigenvalue weighted by Crippen LogP contribution is -2.56. The van der Waals surface area contributed by atoms with Crippen LogP contribution in [0.25, 0.3) is 0 Å². The molecule has 1 saturated heterocycles. The van der Waals surface area contributed by atoms with Crippen molar-refractivity contribution >= 4 is 5.91 Å². The summed E-state index contributed by atoms with van der Waals surface area (Å²) in [5.41, 5.74) is 4.93. The van der Waals surface area contributed by atoms with Gasteiger partial charge in [-0.2, -0.15) is 0 Å². The van der Waals surface area contributed by atoms with E-state index in [1.165, 1.54) is 0 Å². The normalized spacial score (nSPS) is 28.0. The van der Waals surface area contributed by atoms with Crippen LogP contribution in [-0.2, 0) is 9.53 Å². The van der Waals surface area contributed by atoms with Gasteiger partial charge in [-0.1, -0.05) is 6.92 Å². The summed E-state index contributed by atoms with van der Waals surface area (Å²) >= 11 is 0. The van der Waals surface area contributed by atoms with E-state index in [1.54, 1.807) is 0 Å². The molecular weight excluding hydrogens is 242 g/mol. The number of amides is 1. The van der Waals surface area contributed by atoms with Crippen molar-refractivity contribution in [3.8, 4) is 0 Å². The van der Waals surface area contributed by atoms with Crippen molar-refractivity contribution in [3.05, 3.63) is 0 Å². The highest BCUT2D eigenvalue weighted by atomic mass is 16.5. The third-order valence-electron chi connectivity index (χ3n) is 3.94. The van der Waals surface area contributed by atoms with Gasteiger partial charge in [0.25, 0.3) is 0 Å². The van der Waals surface area contributed by atoms with Crippen molar-refractivity contribution in [3.63, 3.8) is 0 Å². The van der Waals surface area contributed by atoms with Gasteiger partial charge in [0, 0.05) is 19.1 Å². The van der Waals surface area contributed by atoms with Gasteiger partial charge in [0.05, 0.1) is 18.2 Å². The molecule has 3 unspecified atom stereocenters. The molecule has 0 aromatic carbocycles. The van der Waals surface area contributed by atoms with Gasteiger partial charge in [-0.25, -0.2) is 0 Å². The summed E-state index contributed by atoms with van der Waals surface area (Å²) < 4.78 is 5.62. The summed E-state index contributed by atoms with van der Waals surface area (Å²) in [5, 5.41) is 3.28. The molecule has 0 aliphatic carbocycles. The highest BCUT2D eigenvalue weighted by Crippen LogP contribution is 2.16. The third kappa shape index (κ3) is 4.75. The molecule has 0 aromatic heterocycles. The smallest absolute Gasteiger partial charge is 0.237 e. The van der Waals surface area contributed by atoms with Crippen molar-refractivity contribution in [2.45, 2.75) is 58.2 Å². The zero-order valence-electron chi connectivity index (χ0n) is 12.7. The minimum Gasteiger partial charge on any atom is -0.376 e. The Bertz CT molecular complexity index is 298. The van der Waals surface area contributed by atoms with Gasteiger partial charge in [0.2, 0.25) is 5.91 Å². The van der Waals surface area contributed by atoms with Crippen molar-refractivity contribution in [1.29, 1.82) is 0 Å². The van der Waals surface area contributed by atoms with Crippen LogP contribution in [0.5, 0.6) is 0 Å². The second-order valence-corrected chi connectivity index (χ2v) is 5.86. The Kier molecular flexibility index (Phi) is 6.23. The van der Waals surface area contributed by atoms with E-state index in [1.807, 2.05) is 6.92 Å². The van der Waals surface area contributed by atoms with Crippen LogP contribution in [-0.4, -0.2) is 54.7 Å². The monoisotopic (exact) mass is 271 g/mol. The number of nitrogens with two attached hydrogens (primary N) is 1. The summed E-state index contributed by atoms with van der Waals surface area (Å²) in [6.45, 7) is 11.6. The molecule has 1 heterocycles. The fourth-order valence-electron chi connectivity index (χ4n) is 2.35. The number of rotatable bonds is 7. The minimum atomic E-state index is -0.614. The van der Waals surface area contributed by atoms with Crippen molar-refractivity contribution in [1.82, 2.24) is 10.2 Å². The maximum absolute atomic E-state index is 11.7. The van der Waals surface area contributed by atoms with Crippen LogP contribution >= 0.6 is 0 Å². The first kappa shape index (κ1) is 16.4. The number of hydrogen-bond donors (Lipinski definition) is 2. The molecule has 1 rings (SSSR count). The molecule has 1 amide bonds. The van der Waals surface area contributed by atoms with Gasteiger partial charge in [0.1, 0.15) is 0 Å². The summed E-state index contributed by atoms with van der Waals surface area (Å²) in [6.07, 6.45) is 1.99. The largest absolute Gasteiger partial charge is 0.376 e. The fraction of sp³-hybridized carbons (Fsp3) is 0.929. The topological polar surface area (TPSA) is 67.6 Å². The predicted octanol–water partition coefficient (Wildman–Crippen LogP) is 0.729. The highest BCUT2D eigenvalue weighted by Gasteiger charge is 2.32. The van der Waals surface area contributed by atoms with Gasteiger partial charge in [-0.15, -0.1) is 0 Å². The number of hydrogen-bond acceptors (Lipinski definition) is 4. The van der Waals surface area contributed by atoms with Gasteiger partial charge >= 0.3 is 0 Å². The maximum Gasteiger partial charge on any atom is 0.237 e. The fourth-order valence-corrected chi connectivity index (χ4v) is 2.35. The van der Waals surface area contributed by atoms with Crippen LogP contribution in [0.2, 0.25) is 0 Å². The lowest BCUT2D eigenvalue weighted by molar-refractivity contribution is -0.124. The van der Waals surface area contributed by atoms with Crippen molar-refractivity contribution < 1.29 is 9.53 Å². The number of nitrogens with one attached hydrogen (secondary N) is 1. The highest BCUT2D eigenvalue weighted by molar-refractivity contribution is 5.84. The zero-order chi connectivity index (χ0) is 14.5. The van der Waals surface area contributed by atoms with E-state index in [2.05, 4.69) is 31.0 Å². The Morgan fingerprint density at radius 3 is 2.79 bits per heavy atom. The molecule has 0 saturated carbocycles. The van der Waals surface area contributed by atoms with Crippen LogP contribution in [0.1, 0.15) is 40.5 Å². The molecule has 5 heteroatoms. The van der Waals surface area contributed by atoms with Crippen LogP contribution in [0.15, 0.2) is 0 Å². The quantitative estimate of drug-likeness (QED) is 0.716. The molecule has 1 fully saturated rings. The Morgan fingerprint density at radius 1 is 1.53 bits per heavy atom. The molecule has 1 aliphatic heterocycles. The van der Waals surface area contributed by atoms with E-state index in [-0.39, 0.29) is 12.0 Å². The molecule has 19 heavy (non-hydrogen) atoms. The standard InChI is InChI=1S/C14H29N3O2/c1-5-7-16-14(4,13(15)18)6-8-17-9-12(3)19-10-11(17)2/h11-12,16H,5-10H2,1-4H3,(H2,15,18). The Balaban J connectivity index is 2.53. The number of carbonyl (C=O) groups is 1. The molecule has 0 bridgehead atoms. The Morgan fingerprint density at radius 2 is 2.21 bits per heavy atom. The summed E-state index contributed by atoms with van der Waals surface area (Å²) in [5.74, 6) is -0.269. The SMILES string of the molecule is CCCNC(C)(CCN1CC(C)OCC1C)C(N)=O. The number of nitrogens with zero attached hydrogens (tertiary/aromatic N) is 1. The number of primary amides is 1. The van der Waals surface area contributed by atoms with E-state index in [0.29, 0.717) is 6.04 Å². The van der Waals surface area contributed by atoms with Crippen molar-refractivity contribution in [2.24, 2.45) is 5.73 Å². The van der Waals surface area contributed by atoms with E-state index >= 15 is 0 Å². The van der Waals surface area contributed by atoms with E-state index < -0.39 is 5.54 Å². The maximum atomic E-state index is 11.7. The number of carbonyl (C=O) groups excluding carboxylic acids is 1. The second-order valence-electron chi connectivity index (χ2n) is 5.86. The number of morpholine rings is 1. The Labute approximate surface area is 116 Å². The van der Waals surface area contributed by atoms with Gasteiger partial charge in [-0.3, -0.25) is 9.69 Å². The van der Waals surface area contributed by atoms with E-state index in [4.69, 9.17) is 10.5 Å². The predicted molar refractivity (Wildman–Crippen MR) is 77.0 cm³/mol. The molecular formula is C14H29N3O2. The molecule has 3 N–H and O–H groups in total. The van der Waals surface area contributed by atoms with E-state index in [0.717, 1.165) is 39.1 Å². The first-order valence-electron chi connectivity index (χ1n) is 7.29. The minimum absolute atomic E-state index is 0.264. The van der Waals surface area contributed by atoms with Crippen LogP contribution in [0.4, 0.5) is 0 Å². The van der Waals surface area contributed by atoms with Crippen LogP contribution in [0.3, 0.4) is 0 Å². The van der Waals surface area contributed by atoms with Crippen LogP contribution in [0, 0.1) is 0 Å². The molecule has 5 nitrogen and oxygen atoms in total. The number of ether oxygens (including phenoxy) is 1. The van der Waals surface area contributed by atoms with Gasteiger partial charge in [0.15, 0.2) is 0 Å². The molecule has 0 spiro atoms. The molecule has 1 aliphatic rings. The second kappa shape index (κ2) is 7.22. The lowest BCUT2D eigenvalue weighted by atomic mass is 9.95. The molecule has 0 aromatic rings. The molecule has 3 atom stereocenters. The van der Waals surface area contributed by atoms with Crippen LogP contribution < -0.4 is 11.1 Å². The third-order valence-corrected chi connectivity index (χ3v) is 3.94. The first-order valence-corrected chi connectivity index (χ1v) is 7.29. The van der Waals surface area contributed by atoms with Gasteiger partial charge in [-0.05, 0) is 40.2 Å². The zero-order valence-corrected chi connectivity index (χ0v) is 12.7. The average molecular weight is 271 g/mol.